The van der Waals surface area contributed by atoms with Crippen LogP contribution >= 0.6 is 0 Å². The van der Waals surface area contributed by atoms with Crippen molar-refractivity contribution >= 4 is 5.78 Å². The molecular weight excluding hydrogens is 238 g/mol. The molecule has 100 valence electrons. The van der Waals surface area contributed by atoms with Gasteiger partial charge in [-0.05, 0) is 29.7 Å². The molecule has 0 saturated carbocycles. The molecule has 1 aromatic rings. The van der Waals surface area contributed by atoms with E-state index >= 15 is 0 Å². The van der Waals surface area contributed by atoms with E-state index < -0.39 is 23.5 Å². The number of rotatable bonds is 6. The van der Waals surface area contributed by atoms with Gasteiger partial charge >= 0.3 is 0 Å². The van der Waals surface area contributed by atoms with E-state index in [0.717, 1.165) is 18.2 Å². The first-order valence-electron chi connectivity index (χ1n) is 6.14. The Hall–Kier alpha value is -1.29. The largest absolute Gasteiger partial charge is 0.385 e. The summed E-state index contributed by atoms with van der Waals surface area (Å²) in [7, 11) is 0. The fraction of sp³-hybridized carbons (Fsp3) is 0.500. The van der Waals surface area contributed by atoms with Gasteiger partial charge in [0.05, 0.1) is 0 Å². The van der Waals surface area contributed by atoms with Crippen molar-refractivity contribution in [2.24, 2.45) is 5.92 Å². The highest BCUT2D eigenvalue weighted by Crippen LogP contribution is 2.17. The Labute approximate surface area is 106 Å². The molecule has 1 rings (SSSR count). The van der Waals surface area contributed by atoms with Crippen LogP contribution in [0.5, 0.6) is 0 Å². The second kappa shape index (κ2) is 6.59. The number of hydrogen-bond donors (Lipinski definition) is 1. The molecule has 2 nitrogen and oxygen atoms in total. The lowest BCUT2D eigenvalue weighted by Gasteiger charge is -2.18. The van der Waals surface area contributed by atoms with Crippen molar-refractivity contribution < 1.29 is 18.7 Å². The van der Waals surface area contributed by atoms with Gasteiger partial charge in [0, 0.05) is 6.42 Å². The summed E-state index contributed by atoms with van der Waals surface area (Å²) < 4.78 is 26.3. The summed E-state index contributed by atoms with van der Waals surface area (Å²) in [6, 6.07) is 2.98. The van der Waals surface area contributed by atoms with Gasteiger partial charge in [-0.3, -0.25) is 4.79 Å². The number of carbonyl (C=O) groups is 1. The van der Waals surface area contributed by atoms with Crippen molar-refractivity contribution in [1.82, 2.24) is 0 Å². The predicted octanol–water partition coefficient (Wildman–Crippen LogP) is 2.87. The molecular formula is C14H18F2O2. The van der Waals surface area contributed by atoms with E-state index in [1.165, 1.54) is 0 Å². The molecule has 0 bridgehead atoms. The summed E-state index contributed by atoms with van der Waals surface area (Å²) in [5, 5.41) is 9.83. The van der Waals surface area contributed by atoms with Gasteiger partial charge < -0.3 is 5.11 Å². The zero-order chi connectivity index (χ0) is 13.7. The van der Waals surface area contributed by atoms with Gasteiger partial charge in [-0.15, -0.1) is 0 Å². The first-order chi connectivity index (χ1) is 8.49. The lowest BCUT2D eigenvalue weighted by atomic mass is 9.91. The fourth-order valence-electron chi connectivity index (χ4n) is 1.97. The summed E-state index contributed by atoms with van der Waals surface area (Å²) in [5.41, 5.74) is -0.00925. The molecule has 0 saturated heterocycles. The number of aliphatic hydroxyl groups is 1. The van der Waals surface area contributed by atoms with Crippen molar-refractivity contribution in [2.75, 3.05) is 0 Å². The molecule has 1 unspecified atom stereocenters. The topological polar surface area (TPSA) is 37.3 Å². The Bertz CT molecular complexity index is 414. The molecule has 1 atom stereocenters. The minimum atomic E-state index is -1.11. The summed E-state index contributed by atoms with van der Waals surface area (Å²) in [4.78, 5) is 11.8. The zero-order valence-electron chi connectivity index (χ0n) is 10.6. The third-order valence-corrected chi connectivity index (χ3v) is 3.20. The normalized spacial score (nSPS) is 12.8. The van der Waals surface area contributed by atoms with E-state index in [0.29, 0.717) is 12.8 Å². The number of ketones is 1. The van der Waals surface area contributed by atoms with E-state index in [1.54, 1.807) is 0 Å². The molecule has 0 heterocycles. The van der Waals surface area contributed by atoms with Gasteiger partial charge in [-0.2, -0.15) is 0 Å². The van der Waals surface area contributed by atoms with E-state index in [4.69, 9.17) is 0 Å². The maximum atomic E-state index is 13.4. The second-order valence-electron chi connectivity index (χ2n) is 4.40. The smallest absolute Gasteiger partial charge is 0.166 e. The molecule has 4 heteroatoms. The van der Waals surface area contributed by atoms with Crippen LogP contribution in [0.4, 0.5) is 8.78 Å². The summed E-state index contributed by atoms with van der Waals surface area (Å²) in [5.74, 6) is -1.81. The average molecular weight is 256 g/mol. The van der Waals surface area contributed by atoms with Crippen LogP contribution in [0.3, 0.4) is 0 Å². The number of Topliss-reactive ketones (excluding diaryl/α,β-unsaturated/α-hetero) is 1. The maximum Gasteiger partial charge on any atom is 0.166 e. The lowest BCUT2D eigenvalue weighted by molar-refractivity contribution is -0.129. The van der Waals surface area contributed by atoms with Gasteiger partial charge in [0.15, 0.2) is 5.78 Å². The Kier molecular flexibility index (Phi) is 5.41. The molecule has 0 spiro atoms. The highest BCUT2D eigenvalue weighted by Gasteiger charge is 2.24. The minimum Gasteiger partial charge on any atom is -0.385 e. The Morgan fingerprint density at radius 2 is 1.89 bits per heavy atom. The molecule has 0 aromatic heterocycles. The van der Waals surface area contributed by atoms with E-state index in [-0.39, 0.29) is 17.9 Å². The second-order valence-corrected chi connectivity index (χ2v) is 4.40. The first-order valence-corrected chi connectivity index (χ1v) is 6.14. The third-order valence-electron chi connectivity index (χ3n) is 3.20. The van der Waals surface area contributed by atoms with E-state index in [9.17, 15) is 18.7 Å². The summed E-state index contributed by atoms with van der Waals surface area (Å²) >= 11 is 0. The molecule has 1 N–H and O–H groups in total. The third kappa shape index (κ3) is 3.60. The van der Waals surface area contributed by atoms with Crippen molar-refractivity contribution in [3.8, 4) is 0 Å². The van der Waals surface area contributed by atoms with Gasteiger partial charge in [-0.25, -0.2) is 8.78 Å². The van der Waals surface area contributed by atoms with E-state index in [1.807, 2.05) is 13.8 Å². The van der Waals surface area contributed by atoms with Crippen LogP contribution in [0.25, 0.3) is 0 Å². The number of halogens is 2. The van der Waals surface area contributed by atoms with Gasteiger partial charge in [0.1, 0.15) is 17.7 Å². The zero-order valence-corrected chi connectivity index (χ0v) is 10.6. The quantitative estimate of drug-likeness (QED) is 0.849. The van der Waals surface area contributed by atoms with Crippen LogP contribution in [-0.2, 0) is 11.2 Å². The fourth-order valence-corrected chi connectivity index (χ4v) is 1.97. The molecule has 18 heavy (non-hydrogen) atoms. The highest BCUT2D eigenvalue weighted by molar-refractivity contribution is 5.85. The molecule has 0 fully saturated rings. The summed E-state index contributed by atoms with van der Waals surface area (Å²) in [6.07, 6.45) is -0.0339. The number of carbonyl (C=O) groups excluding carboxylic acids is 1. The SMILES string of the molecule is CCC(CC)C(O)C(=O)Cc1cc(F)ccc1F. The Morgan fingerprint density at radius 1 is 1.28 bits per heavy atom. The lowest BCUT2D eigenvalue weighted by Crippen LogP contribution is -2.30. The van der Waals surface area contributed by atoms with E-state index in [2.05, 4.69) is 0 Å². The highest BCUT2D eigenvalue weighted by atomic mass is 19.1. The molecule has 0 aliphatic carbocycles. The predicted molar refractivity (Wildman–Crippen MR) is 65.1 cm³/mol. The summed E-state index contributed by atoms with van der Waals surface area (Å²) in [6.45, 7) is 3.76. The van der Waals surface area contributed by atoms with Crippen LogP contribution in [0.15, 0.2) is 18.2 Å². The van der Waals surface area contributed by atoms with Crippen LogP contribution < -0.4 is 0 Å². The molecule has 0 aliphatic heterocycles. The standard InChI is InChI=1S/C14H18F2O2/c1-3-9(4-2)14(18)13(17)8-10-7-11(15)5-6-12(10)16/h5-7,9,14,18H,3-4,8H2,1-2H3. The van der Waals surface area contributed by atoms with Crippen LogP contribution in [0, 0.1) is 17.6 Å². The number of hydrogen-bond acceptors (Lipinski definition) is 2. The molecule has 1 aromatic carbocycles. The van der Waals surface area contributed by atoms with Crippen molar-refractivity contribution in [3.63, 3.8) is 0 Å². The molecule has 0 amide bonds. The molecule has 0 aliphatic rings. The number of benzene rings is 1. The molecule has 0 radical (unpaired) electrons. The Morgan fingerprint density at radius 3 is 2.44 bits per heavy atom. The van der Waals surface area contributed by atoms with Gasteiger partial charge in [-0.1, -0.05) is 26.7 Å². The maximum absolute atomic E-state index is 13.4. The van der Waals surface area contributed by atoms with Crippen molar-refractivity contribution in [1.29, 1.82) is 0 Å². The van der Waals surface area contributed by atoms with Crippen molar-refractivity contribution in [3.05, 3.63) is 35.4 Å². The van der Waals surface area contributed by atoms with Crippen LogP contribution in [0.1, 0.15) is 32.3 Å². The number of aliphatic hydroxyl groups excluding tert-OH is 1. The Balaban J connectivity index is 2.78. The first kappa shape index (κ1) is 14.8. The minimum absolute atomic E-state index is 0.00925. The monoisotopic (exact) mass is 256 g/mol. The average Bonchev–Trinajstić information content (AvgIpc) is 2.35. The van der Waals surface area contributed by atoms with Crippen LogP contribution in [0.2, 0.25) is 0 Å². The van der Waals surface area contributed by atoms with Gasteiger partial charge in [0.25, 0.3) is 0 Å². The van der Waals surface area contributed by atoms with Crippen molar-refractivity contribution in [2.45, 2.75) is 39.2 Å². The van der Waals surface area contributed by atoms with Crippen LogP contribution in [-0.4, -0.2) is 17.0 Å². The van der Waals surface area contributed by atoms with Gasteiger partial charge in [0.2, 0.25) is 0 Å².